The van der Waals surface area contributed by atoms with E-state index in [1.54, 1.807) is 39.3 Å². The van der Waals surface area contributed by atoms with Crippen molar-refractivity contribution in [1.82, 2.24) is 5.32 Å². The summed E-state index contributed by atoms with van der Waals surface area (Å²) in [4.78, 5) is 0. The largest absolute Gasteiger partial charge is 0.497 e. The van der Waals surface area contributed by atoms with Crippen LogP contribution in [0.25, 0.3) is 0 Å². The molecule has 0 aromatic heterocycles. The Kier molecular flexibility index (Phi) is 6.62. The van der Waals surface area contributed by atoms with Crippen LogP contribution in [0.15, 0.2) is 18.2 Å². The number of aliphatic hydroxyl groups excluding tert-OH is 2. The minimum absolute atomic E-state index is 0.337. The van der Waals surface area contributed by atoms with Crippen LogP contribution in [0.5, 0.6) is 11.5 Å². The Morgan fingerprint density at radius 1 is 1.21 bits per heavy atom. The van der Waals surface area contributed by atoms with Gasteiger partial charge in [0.25, 0.3) is 0 Å². The molecule has 108 valence electrons. The van der Waals surface area contributed by atoms with Gasteiger partial charge in [0.2, 0.25) is 0 Å². The molecule has 1 aromatic rings. The van der Waals surface area contributed by atoms with Gasteiger partial charge in [0, 0.05) is 12.1 Å². The van der Waals surface area contributed by atoms with Crippen LogP contribution in [0, 0.1) is 0 Å². The second-order valence-electron chi connectivity index (χ2n) is 4.47. The summed E-state index contributed by atoms with van der Waals surface area (Å²) in [6.45, 7) is 2.79. The molecule has 0 spiro atoms. The molecule has 0 fully saturated rings. The van der Waals surface area contributed by atoms with Crippen molar-refractivity contribution in [1.29, 1.82) is 0 Å². The van der Waals surface area contributed by atoms with Crippen molar-refractivity contribution < 1.29 is 19.7 Å². The topological polar surface area (TPSA) is 71.0 Å². The fraction of sp³-hybridized carbons (Fsp3) is 0.571. The van der Waals surface area contributed by atoms with E-state index < -0.39 is 6.10 Å². The standard InChI is InChI=1S/C14H23NO4/c1-10(16)6-7-15-9-13(17)12-8-11(18-2)4-5-14(12)19-3/h4-5,8,10,13,15-17H,6-7,9H2,1-3H3. The SMILES string of the molecule is COc1ccc(OC)c(C(O)CNCCC(C)O)c1. The second-order valence-corrected chi connectivity index (χ2v) is 4.47. The summed E-state index contributed by atoms with van der Waals surface area (Å²) in [5.74, 6) is 1.31. The molecule has 1 aromatic carbocycles. The lowest BCUT2D eigenvalue weighted by molar-refractivity contribution is 0.159. The lowest BCUT2D eigenvalue weighted by atomic mass is 10.1. The quantitative estimate of drug-likeness (QED) is 0.616. The molecule has 0 amide bonds. The number of methoxy groups -OCH3 is 2. The van der Waals surface area contributed by atoms with E-state index in [0.717, 1.165) is 0 Å². The van der Waals surface area contributed by atoms with E-state index in [1.807, 2.05) is 0 Å². The maximum absolute atomic E-state index is 10.2. The zero-order valence-corrected chi connectivity index (χ0v) is 11.7. The lowest BCUT2D eigenvalue weighted by Gasteiger charge is -2.16. The van der Waals surface area contributed by atoms with Crippen LogP contribution in [0.2, 0.25) is 0 Å². The van der Waals surface area contributed by atoms with Crippen molar-refractivity contribution >= 4 is 0 Å². The van der Waals surface area contributed by atoms with Gasteiger partial charge in [0.15, 0.2) is 0 Å². The molecule has 3 N–H and O–H groups in total. The Balaban J connectivity index is 2.61. The highest BCUT2D eigenvalue weighted by molar-refractivity contribution is 5.41. The highest BCUT2D eigenvalue weighted by Gasteiger charge is 2.14. The van der Waals surface area contributed by atoms with Crippen molar-refractivity contribution in [3.63, 3.8) is 0 Å². The summed E-state index contributed by atoms with van der Waals surface area (Å²) in [5.41, 5.74) is 0.686. The number of rotatable bonds is 8. The van der Waals surface area contributed by atoms with Gasteiger partial charge in [0.05, 0.1) is 26.4 Å². The van der Waals surface area contributed by atoms with Crippen molar-refractivity contribution in [3.05, 3.63) is 23.8 Å². The minimum Gasteiger partial charge on any atom is -0.497 e. The van der Waals surface area contributed by atoms with Crippen LogP contribution in [0.4, 0.5) is 0 Å². The fourth-order valence-corrected chi connectivity index (χ4v) is 1.76. The maximum atomic E-state index is 10.2. The van der Waals surface area contributed by atoms with Crippen molar-refractivity contribution in [3.8, 4) is 11.5 Å². The van der Waals surface area contributed by atoms with Gasteiger partial charge >= 0.3 is 0 Å². The summed E-state index contributed by atoms with van der Waals surface area (Å²) in [6, 6.07) is 5.32. The van der Waals surface area contributed by atoms with Crippen LogP contribution in [0.3, 0.4) is 0 Å². The Morgan fingerprint density at radius 2 is 1.95 bits per heavy atom. The molecular weight excluding hydrogens is 246 g/mol. The molecule has 0 aliphatic carbocycles. The fourth-order valence-electron chi connectivity index (χ4n) is 1.76. The highest BCUT2D eigenvalue weighted by atomic mass is 16.5. The van der Waals surface area contributed by atoms with E-state index in [9.17, 15) is 5.11 Å². The minimum atomic E-state index is -0.681. The smallest absolute Gasteiger partial charge is 0.124 e. The third-order valence-electron chi connectivity index (χ3n) is 2.87. The van der Waals surface area contributed by atoms with Gasteiger partial charge in [-0.15, -0.1) is 0 Å². The van der Waals surface area contributed by atoms with Crippen molar-refractivity contribution in [2.75, 3.05) is 27.3 Å². The monoisotopic (exact) mass is 269 g/mol. The third-order valence-corrected chi connectivity index (χ3v) is 2.87. The van der Waals surface area contributed by atoms with E-state index in [4.69, 9.17) is 14.6 Å². The summed E-state index contributed by atoms with van der Waals surface area (Å²) in [6.07, 6.45) is -0.364. The first kappa shape index (κ1) is 15.8. The highest BCUT2D eigenvalue weighted by Crippen LogP contribution is 2.28. The normalized spacial score (nSPS) is 13.9. The van der Waals surface area contributed by atoms with Crippen molar-refractivity contribution in [2.24, 2.45) is 0 Å². The summed E-state index contributed by atoms with van der Waals surface area (Å²) in [7, 11) is 3.15. The average Bonchev–Trinajstić information content (AvgIpc) is 2.42. The number of nitrogens with one attached hydrogen (secondary N) is 1. The van der Waals surface area contributed by atoms with Crippen molar-refractivity contribution in [2.45, 2.75) is 25.6 Å². The first-order valence-electron chi connectivity index (χ1n) is 6.37. The zero-order chi connectivity index (χ0) is 14.3. The molecule has 0 aliphatic heterocycles. The van der Waals surface area contributed by atoms with Crippen LogP contribution >= 0.6 is 0 Å². The number of ether oxygens (including phenoxy) is 2. The van der Waals surface area contributed by atoms with Gasteiger partial charge in [-0.05, 0) is 38.1 Å². The van der Waals surface area contributed by atoms with E-state index in [1.165, 1.54) is 0 Å². The number of hydrogen-bond donors (Lipinski definition) is 3. The van der Waals surface area contributed by atoms with Crippen LogP contribution < -0.4 is 14.8 Å². The number of benzene rings is 1. The molecule has 2 atom stereocenters. The van der Waals surface area contributed by atoms with E-state index >= 15 is 0 Å². The molecule has 2 unspecified atom stereocenters. The number of aliphatic hydroxyl groups is 2. The van der Waals surface area contributed by atoms with Gasteiger partial charge in [-0.2, -0.15) is 0 Å². The van der Waals surface area contributed by atoms with E-state index in [2.05, 4.69) is 5.32 Å². The molecule has 0 bridgehead atoms. The molecule has 0 radical (unpaired) electrons. The molecule has 1 rings (SSSR count). The molecule has 0 heterocycles. The molecule has 0 aliphatic rings. The zero-order valence-electron chi connectivity index (χ0n) is 11.7. The van der Waals surface area contributed by atoms with E-state index in [0.29, 0.717) is 36.6 Å². The van der Waals surface area contributed by atoms with Crippen LogP contribution in [-0.4, -0.2) is 43.6 Å². The van der Waals surface area contributed by atoms with E-state index in [-0.39, 0.29) is 6.10 Å². The van der Waals surface area contributed by atoms with Crippen LogP contribution in [-0.2, 0) is 0 Å². The summed E-state index contributed by atoms with van der Waals surface area (Å²) >= 11 is 0. The lowest BCUT2D eigenvalue weighted by Crippen LogP contribution is -2.24. The Morgan fingerprint density at radius 3 is 2.53 bits per heavy atom. The Bertz CT molecular complexity index is 382. The first-order chi connectivity index (χ1) is 9.08. The maximum Gasteiger partial charge on any atom is 0.124 e. The molecule has 19 heavy (non-hydrogen) atoms. The number of hydrogen-bond acceptors (Lipinski definition) is 5. The Labute approximate surface area is 114 Å². The molecule has 0 saturated carbocycles. The van der Waals surface area contributed by atoms with Gasteiger partial charge in [-0.3, -0.25) is 0 Å². The summed E-state index contributed by atoms with van der Waals surface area (Å²) < 4.78 is 10.4. The van der Waals surface area contributed by atoms with Gasteiger partial charge in [0.1, 0.15) is 11.5 Å². The summed E-state index contributed by atoms with van der Waals surface area (Å²) in [5, 5.41) is 22.4. The molecule has 5 nitrogen and oxygen atoms in total. The average molecular weight is 269 g/mol. The first-order valence-corrected chi connectivity index (χ1v) is 6.37. The molecular formula is C14H23NO4. The van der Waals surface area contributed by atoms with Crippen LogP contribution in [0.1, 0.15) is 25.0 Å². The third kappa shape index (κ3) is 5.06. The van der Waals surface area contributed by atoms with Gasteiger partial charge in [-0.1, -0.05) is 0 Å². The molecule has 5 heteroatoms. The van der Waals surface area contributed by atoms with Gasteiger partial charge < -0.3 is 25.0 Å². The predicted molar refractivity (Wildman–Crippen MR) is 73.7 cm³/mol. The van der Waals surface area contributed by atoms with Gasteiger partial charge in [-0.25, -0.2) is 0 Å². The Hall–Kier alpha value is -1.30. The molecule has 0 saturated heterocycles. The second kappa shape index (κ2) is 7.99. The predicted octanol–water partition coefficient (Wildman–Crippen LogP) is 1.10.